The van der Waals surface area contributed by atoms with Gasteiger partial charge in [-0.15, -0.1) is 0 Å². The molecule has 0 unspecified atom stereocenters. The summed E-state index contributed by atoms with van der Waals surface area (Å²) < 4.78 is 10.9. The molecule has 0 saturated carbocycles. The maximum Gasteiger partial charge on any atom is 0.250 e. The van der Waals surface area contributed by atoms with Crippen LogP contribution in [0.15, 0.2) is 6.07 Å². The van der Waals surface area contributed by atoms with Crippen LogP contribution in [0.3, 0.4) is 0 Å². The van der Waals surface area contributed by atoms with E-state index >= 15 is 0 Å². The van der Waals surface area contributed by atoms with Crippen LogP contribution < -0.4 is 0 Å². The zero-order valence-corrected chi connectivity index (χ0v) is 8.25. The van der Waals surface area contributed by atoms with Crippen LogP contribution in [0.25, 0.3) is 0 Å². The van der Waals surface area contributed by atoms with Gasteiger partial charge in [0.25, 0.3) is 0 Å². The molecule has 0 fully saturated rings. The molecular weight excluding hydrogens is 225 g/mol. The van der Waals surface area contributed by atoms with Crippen molar-refractivity contribution in [2.24, 2.45) is 0 Å². The molecule has 1 rings (SSSR count). The molecule has 0 aliphatic carbocycles. The first-order valence-electron chi connectivity index (χ1n) is 2.98. The second-order valence-corrected chi connectivity index (χ2v) is 4.43. The summed E-state index contributed by atoms with van der Waals surface area (Å²) in [6.45, 7) is 1.59. The molecule has 0 atom stereocenters. The summed E-state index contributed by atoms with van der Waals surface area (Å²) in [5, 5.41) is 0. The van der Waals surface area contributed by atoms with Crippen molar-refractivity contribution in [2.45, 2.75) is 10.7 Å². The highest BCUT2D eigenvalue weighted by Crippen LogP contribution is 2.35. The summed E-state index contributed by atoms with van der Waals surface area (Å²) >= 11 is 16.3. The van der Waals surface area contributed by atoms with Gasteiger partial charge in [0.15, 0.2) is 5.82 Å². The molecule has 0 amide bonds. The van der Waals surface area contributed by atoms with E-state index in [-0.39, 0.29) is 5.82 Å². The van der Waals surface area contributed by atoms with E-state index in [1.165, 1.54) is 0 Å². The molecule has 0 aliphatic heterocycles. The molecule has 0 N–H and O–H groups in total. The number of rotatable bonds is 0. The molecule has 2 nitrogen and oxygen atoms in total. The van der Waals surface area contributed by atoms with E-state index in [1.807, 2.05) is 0 Å². The van der Waals surface area contributed by atoms with Crippen molar-refractivity contribution >= 4 is 34.8 Å². The van der Waals surface area contributed by atoms with Gasteiger partial charge in [-0.25, -0.2) is 4.98 Å². The topological polar surface area (TPSA) is 25.8 Å². The minimum Gasteiger partial charge on any atom is -0.234 e. The van der Waals surface area contributed by atoms with Gasteiger partial charge in [-0.1, -0.05) is 34.8 Å². The van der Waals surface area contributed by atoms with Crippen LogP contribution in [0.1, 0.15) is 11.5 Å². The standard InChI is InChI=1S/C6H4Cl3FN2/c1-3-2-4(10)12-5(11-3)6(7,8)9/h2H,1H3. The van der Waals surface area contributed by atoms with Gasteiger partial charge in [-0.2, -0.15) is 9.37 Å². The third kappa shape index (κ3) is 2.44. The van der Waals surface area contributed by atoms with Gasteiger partial charge >= 0.3 is 0 Å². The van der Waals surface area contributed by atoms with Crippen molar-refractivity contribution in [2.75, 3.05) is 0 Å². The quantitative estimate of drug-likeness (QED) is 0.505. The lowest BCUT2D eigenvalue weighted by Gasteiger charge is -2.08. The maximum atomic E-state index is 12.6. The summed E-state index contributed by atoms with van der Waals surface area (Å²) in [7, 11) is 0. The number of aromatic nitrogens is 2. The van der Waals surface area contributed by atoms with Crippen molar-refractivity contribution in [3.8, 4) is 0 Å². The van der Waals surface area contributed by atoms with Gasteiger partial charge in [0, 0.05) is 11.8 Å². The summed E-state index contributed by atoms with van der Waals surface area (Å²) in [6.07, 6.45) is 0. The number of hydrogen-bond donors (Lipinski definition) is 0. The second kappa shape index (κ2) is 3.32. The van der Waals surface area contributed by atoms with E-state index < -0.39 is 9.74 Å². The Morgan fingerprint density at radius 1 is 1.33 bits per heavy atom. The minimum absolute atomic E-state index is 0.148. The van der Waals surface area contributed by atoms with E-state index in [0.29, 0.717) is 5.69 Å². The average molecular weight is 229 g/mol. The van der Waals surface area contributed by atoms with Gasteiger partial charge in [-0.3, -0.25) is 0 Å². The molecule has 0 radical (unpaired) electrons. The van der Waals surface area contributed by atoms with Crippen molar-refractivity contribution < 1.29 is 4.39 Å². The Labute approximate surface area is 83.7 Å². The molecule has 0 bridgehead atoms. The number of hydrogen-bond acceptors (Lipinski definition) is 2. The third-order valence-electron chi connectivity index (χ3n) is 1.08. The number of nitrogens with zero attached hydrogens (tertiary/aromatic N) is 2. The predicted octanol–water partition coefficient (Wildman–Crippen LogP) is 2.75. The Kier molecular flexibility index (Phi) is 2.76. The fourth-order valence-corrected chi connectivity index (χ4v) is 0.910. The van der Waals surface area contributed by atoms with Gasteiger partial charge in [-0.05, 0) is 6.92 Å². The first-order valence-corrected chi connectivity index (χ1v) is 4.11. The smallest absolute Gasteiger partial charge is 0.234 e. The molecule has 12 heavy (non-hydrogen) atoms. The van der Waals surface area contributed by atoms with E-state index in [4.69, 9.17) is 34.8 Å². The van der Waals surface area contributed by atoms with E-state index in [0.717, 1.165) is 6.07 Å². The summed E-state index contributed by atoms with van der Waals surface area (Å²) in [5.41, 5.74) is 0.420. The molecule has 1 aromatic rings. The van der Waals surface area contributed by atoms with Crippen LogP contribution in [0.2, 0.25) is 0 Å². The van der Waals surface area contributed by atoms with Crippen molar-refractivity contribution in [3.05, 3.63) is 23.5 Å². The largest absolute Gasteiger partial charge is 0.250 e. The average Bonchev–Trinajstić information content (AvgIpc) is 1.82. The first kappa shape index (κ1) is 9.96. The van der Waals surface area contributed by atoms with Crippen molar-refractivity contribution in [1.29, 1.82) is 0 Å². The molecule has 6 heteroatoms. The molecule has 0 aromatic carbocycles. The fourth-order valence-electron chi connectivity index (χ4n) is 0.657. The van der Waals surface area contributed by atoms with Crippen LogP contribution in [-0.2, 0) is 3.79 Å². The number of alkyl halides is 3. The summed E-state index contributed by atoms with van der Waals surface area (Å²) in [6, 6.07) is 1.15. The van der Waals surface area contributed by atoms with Gasteiger partial charge < -0.3 is 0 Å². The fraction of sp³-hybridized carbons (Fsp3) is 0.333. The van der Waals surface area contributed by atoms with Gasteiger partial charge in [0.05, 0.1) is 0 Å². The molecule has 0 spiro atoms. The molecular formula is C6H4Cl3FN2. The predicted molar refractivity (Wildman–Crippen MR) is 46.0 cm³/mol. The Bertz CT molecular complexity index is 277. The van der Waals surface area contributed by atoms with Crippen molar-refractivity contribution in [3.63, 3.8) is 0 Å². The molecule has 1 aromatic heterocycles. The lowest BCUT2D eigenvalue weighted by atomic mass is 10.4. The molecule has 0 saturated heterocycles. The van der Waals surface area contributed by atoms with Crippen LogP contribution in [0.4, 0.5) is 4.39 Å². The Hall–Kier alpha value is -0.120. The SMILES string of the molecule is Cc1cc(F)nc(C(Cl)(Cl)Cl)n1. The van der Waals surface area contributed by atoms with Crippen molar-refractivity contribution in [1.82, 2.24) is 9.97 Å². The monoisotopic (exact) mass is 228 g/mol. The normalized spacial score (nSPS) is 11.8. The highest BCUT2D eigenvalue weighted by Gasteiger charge is 2.27. The lowest BCUT2D eigenvalue weighted by Crippen LogP contribution is -2.09. The highest BCUT2D eigenvalue weighted by molar-refractivity contribution is 6.66. The minimum atomic E-state index is -1.77. The van der Waals surface area contributed by atoms with E-state index in [2.05, 4.69) is 9.97 Å². The zero-order chi connectivity index (χ0) is 9.35. The zero-order valence-electron chi connectivity index (χ0n) is 5.98. The Morgan fingerprint density at radius 3 is 2.33 bits per heavy atom. The molecule has 66 valence electrons. The summed E-state index contributed by atoms with van der Waals surface area (Å²) in [4.78, 5) is 7.09. The molecule has 0 aliphatic rings. The van der Waals surface area contributed by atoms with E-state index in [9.17, 15) is 4.39 Å². The Balaban J connectivity index is 3.18. The van der Waals surface area contributed by atoms with Crippen LogP contribution in [0, 0.1) is 12.9 Å². The van der Waals surface area contributed by atoms with Crippen LogP contribution in [0.5, 0.6) is 0 Å². The van der Waals surface area contributed by atoms with Gasteiger partial charge in [0.2, 0.25) is 9.74 Å². The number of aryl methyl sites for hydroxylation is 1. The second-order valence-electron chi connectivity index (χ2n) is 2.15. The lowest BCUT2D eigenvalue weighted by molar-refractivity contribution is 0.568. The van der Waals surface area contributed by atoms with E-state index in [1.54, 1.807) is 6.92 Å². The van der Waals surface area contributed by atoms with Crippen LogP contribution in [-0.4, -0.2) is 9.97 Å². The van der Waals surface area contributed by atoms with Gasteiger partial charge in [0.1, 0.15) is 0 Å². The Morgan fingerprint density at radius 2 is 1.92 bits per heavy atom. The third-order valence-corrected chi connectivity index (χ3v) is 1.58. The first-order chi connectivity index (χ1) is 5.39. The molecule has 1 heterocycles. The highest BCUT2D eigenvalue weighted by atomic mass is 35.6. The maximum absolute atomic E-state index is 12.6. The number of halogens is 4. The van der Waals surface area contributed by atoms with Crippen LogP contribution >= 0.6 is 34.8 Å². The summed E-state index contributed by atoms with van der Waals surface area (Å²) in [5.74, 6) is -0.853.